The number of aryl methyl sites for hydroxylation is 4. The summed E-state index contributed by atoms with van der Waals surface area (Å²) < 4.78 is 6.41. The van der Waals surface area contributed by atoms with Crippen molar-refractivity contribution in [3.8, 4) is 32.8 Å². The van der Waals surface area contributed by atoms with Gasteiger partial charge in [0, 0.05) is 41.7 Å². The van der Waals surface area contributed by atoms with Crippen LogP contribution in [0.25, 0.3) is 53.0 Å². The average Bonchev–Trinajstić information content (AvgIpc) is 3.93. The van der Waals surface area contributed by atoms with E-state index in [0.29, 0.717) is 0 Å². The summed E-state index contributed by atoms with van der Waals surface area (Å²) >= 11 is 3.53. The summed E-state index contributed by atoms with van der Waals surface area (Å²) in [5.41, 5.74) is 9.25. The predicted octanol–water partition coefficient (Wildman–Crippen LogP) is 9.06. The zero-order chi connectivity index (χ0) is 32.8. The highest BCUT2D eigenvalue weighted by Gasteiger charge is 2.26. The summed E-state index contributed by atoms with van der Waals surface area (Å²) in [6.45, 7) is 8.29. The SMILES string of the molecule is CCc1cccc(-n2nc3c(c2-c2cc4ccncc4s2)CCC3)n1.Cc1cccc(-n2nc(C)c(C)c2-c2cc3ccncc3s2)n1. The molecule has 238 valence electrons. The van der Waals surface area contributed by atoms with Crippen LogP contribution in [0, 0.1) is 20.8 Å². The molecule has 0 unspecified atom stereocenters. The Hall–Kier alpha value is -5.06. The molecule has 1 aliphatic carbocycles. The van der Waals surface area contributed by atoms with Crippen LogP contribution in [0.4, 0.5) is 0 Å². The van der Waals surface area contributed by atoms with E-state index in [9.17, 15) is 0 Å². The predicted molar refractivity (Wildman–Crippen MR) is 196 cm³/mol. The number of fused-ring (bicyclic) bond motifs is 3. The minimum Gasteiger partial charge on any atom is -0.263 e. The Morgan fingerprint density at radius 1 is 0.708 bits per heavy atom. The minimum absolute atomic E-state index is 0.854. The first-order valence-electron chi connectivity index (χ1n) is 16.2. The van der Waals surface area contributed by atoms with Gasteiger partial charge in [-0.15, -0.1) is 22.7 Å². The van der Waals surface area contributed by atoms with E-state index in [1.165, 1.54) is 58.9 Å². The van der Waals surface area contributed by atoms with Gasteiger partial charge in [0.2, 0.25) is 0 Å². The molecule has 10 heteroatoms. The molecule has 0 saturated carbocycles. The van der Waals surface area contributed by atoms with Crippen molar-refractivity contribution in [3.05, 3.63) is 119 Å². The Kier molecular flexibility index (Phi) is 7.90. The van der Waals surface area contributed by atoms with Gasteiger partial charge in [-0.3, -0.25) is 9.97 Å². The fraction of sp³-hybridized carbons (Fsp3) is 0.211. The van der Waals surface area contributed by atoms with Crippen molar-refractivity contribution in [2.24, 2.45) is 0 Å². The lowest BCUT2D eigenvalue weighted by Crippen LogP contribution is -2.04. The quantitative estimate of drug-likeness (QED) is 0.182. The van der Waals surface area contributed by atoms with Crippen molar-refractivity contribution in [2.45, 2.75) is 53.4 Å². The number of aromatic nitrogens is 8. The van der Waals surface area contributed by atoms with Crippen LogP contribution < -0.4 is 0 Å². The molecule has 48 heavy (non-hydrogen) atoms. The fourth-order valence-corrected chi connectivity index (χ4v) is 8.51. The Morgan fingerprint density at radius 3 is 2.02 bits per heavy atom. The highest BCUT2D eigenvalue weighted by Crippen LogP contribution is 2.40. The monoisotopic (exact) mass is 666 g/mol. The molecular weight excluding hydrogens is 633 g/mol. The molecule has 8 aromatic rings. The Labute approximate surface area is 286 Å². The van der Waals surface area contributed by atoms with Gasteiger partial charge < -0.3 is 0 Å². The summed E-state index contributed by atoms with van der Waals surface area (Å²) in [5.74, 6) is 1.77. The van der Waals surface area contributed by atoms with Crippen LogP contribution in [0.5, 0.6) is 0 Å². The van der Waals surface area contributed by atoms with Crippen molar-refractivity contribution in [3.63, 3.8) is 0 Å². The van der Waals surface area contributed by atoms with Crippen molar-refractivity contribution in [1.29, 1.82) is 0 Å². The summed E-state index contributed by atoms with van der Waals surface area (Å²) in [6.07, 6.45) is 11.8. The first-order valence-corrected chi connectivity index (χ1v) is 17.9. The zero-order valence-electron chi connectivity index (χ0n) is 27.3. The molecule has 1 aliphatic rings. The van der Waals surface area contributed by atoms with Crippen LogP contribution in [0.15, 0.2) is 85.5 Å². The fourth-order valence-electron chi connectivity index (χ4n) is 6.30. The summed E-state index contributed by atoms with van der Waals surface area (Å²) in [7, 11) is 0. The smallest absolute Gasteiger partial charge is 0.154 e. The first kappa shape index (κ1) is 30.3. The standard InChI is InChI=1S/C20H18N4S.C18H16N4S/c1-2-14-5-3-8-19(22-14)24-20(15-6-4-7-16(15)23-24)17-11-13-9-10-21-12-18(13)25-17;1-11-5-4-6-17(20-11)22-18(12(2)13(3)21-22)15-9-14-7-8-19-10-16(14)23-15/h3,5,8-12H,2,4,6-7H2,1H3;4-10H,1-3H3. The molecule has 9 rings (SSSR count). The van der Waals surface area contributed by atoms with E-state index in [4.69, 9.17) is 15.2 Å². The van der Waals surface area contributed by atoms with E-state index in [1.807, 2.05) is 67.6 Å². The van der Waals surface area contributed by atoms with Crippen molar-refractivity contribution in [2.75, 3.05) is 0 Å². The van der Waals surface area contributed by atoms with Crippen LogP contribution in [0.1, 0.15) is 47.2 Å². The summed E-state index contributed by atoms with van der Waals surface area (Å²) in [6, 6.07) is 20.8. The lowest BCUT2D eigenvalue weighted by molar-refractivity contribution is 0.785. The Morgan fingerprint density at radius 2 is 1.35 bits per heavy atom. The zero-order valence-corrected chi connectivity index (χ0v) is 28.9. The van der Waals surface area contributed by atoms with Crippen LogP contribution in [-0.2, 0) is 19.3 Å². The second-order valence-electron chi connectivity index (χ2n) is 12.0. The third kappa shape index (κ3) is 5.50. The van der Waals surface area contributed by atoms with Crippen LogP contribution >= 0.6 is 22.7 Å². The van der Waals surface area contributed by atoms with Gasteiger partial charge >= 0.3 is 0 Å². The van der Waals surface area contributed by atoms with Crippen molar-refractivity contribution in [1.82, 2.24) is 39.5 Å². The number of thiophene rings is 2. The molecule has 8 aromatic heterocycles. The Balaban J connectivity index is 0.000000141. The van der Waals surface area contributed by atoms with Crippen LogP contribution in [-0.4, -0.2) is 39.5 Å². The van der Waals surface area contributed by atoms with E-state index in [-0.39, 0.29) is 0 Å². The minimum atomic E-state index is 0.854. The van der Waals surface area contributed by atoms with E-state index in [2.05, 4.69) is 69.9 Å². The highest BCUT2D eigenvalue weighted by atomic mass is 32.1. The number of hydrogen-bond donors (Lipinski definition) is 0. The molecule has 8 nitrogen and oxygen atoms in total. The number of rotatable bonds is 5. The Bertz CT molecular complexity index is 2360. The maximum absolute atomic E-state index is 4.93. The molecule has 0 amide bonds. The molecule has 0 aromatic carbocycles. The summed E-state index contributed by atoms with van der Waals surface area (Å²) in [4.78, 5) is 20.4. The van der Waals surface area contributed by atoms with Gasteiger partial charge in [-0.1, -0.05) is 19.1 Å². The maximum atomic E-state index is 4.93. The number of nitrogens with zero attached hydrogens (tertiary/aromatic N) is 8. The largest absolute Gasteiger partial charge is 0.263 e. The van der Waals surface area contributed by atoms with Crippen LogP contribution in [0.3, 0.4) is 0 Å². The third-order valence-electron chi connectivity index (χ3n) is 8.84. The van der Waals surface area contributed by atoms with E-state index < -0.39 is 0 Å². The molecule has 0 radical (unpaired) electrons. The molecule has 0 saturated heterocycles. The van der Waals surface area contributed by atoms with E-state index in [0.717, 1.165) is 53.7 Å². The highest BCUT2D eigenvalue weighted by molar-refractivity contribution is 7.22. The molecule has 0 atom stereocenters. The molecular formula is C38H34N8S2. The molecule has 0 bridgehead atoms. The normalized spacial score (nSPS) is 12.4. The van der Waals surface area contributed by atoms with Gasteiger partial charge in [0.25, 0.3) is 0 Å². The van der Waals surface area contributed by atoms with Gasteiger partial charge in [-0.05, 0) is 111 Å². The van der Waals surface area contributed by atoms with Gasteiger partial charge in [0.15, 0.2) is 11.6 Å². The van der Waals surface area contributed by atoms with Crippen molar-refractivity contribution < 1.29 is 0 Å². The lowest BCUT2D eigenvalue weighted by atomic mass is 10.1. The number of pyridine rings is 4. The van der Waals surface area contributed by atoms with Gasteiger partial charge in [-0.25, -0.2) is 19.3 Å². The summed E-state index contributed by atoms with van der Waals surface area (Å²) in [5, 5.41) is 12.1. The molecule has 8 heterocycles. The third-order valence-corrected chi connectivity index (χ3v) is 11.0. The van der Waals surface area contributed by atoms with Crippen molar-refractivity contribution >= 4 is 42.8 Å². The molecule has 0 spiro atoms. The molecule has 0 N–H and O–H groups in total. The molecule has 0 fully saturated rings. The second-order valence-corrected chi connectivity index (χ2v) is 14.2. The van der Waals surface area contributed by atoms with Gasteiger partial charge in [0.05, 0.1) is 41.9 Å². The van der Waals surface area contributed by atoms with Gasteiger partial charge in [-0.2, -0.15) is 10.2 Å². The van der Waals surface area contributed by atoms with Crippen LogP contribution in [0.2, 0.25) is 0 Å². The maximum Gasteiger partial charge on any atom is 0.154 e. The van der Waals surface area contributed by atoms with Gasteiger partial charge in [0.1, 0.15) is 0 Å². The first-order chi connectivity index (χ1) is 23.5. The average molecular weight is 667 g/mol. The lowest BCUT2D eigenvalue weighted by Gasteiger charge is -2.08. The van der Waals surface area contributed by atoms with E-state index >= 15 is 0 Å². The second kappa shape index (κ2) is 12.5. The number of hydrogen-bond acceptors (Lipinski definition) is 8. The topological polar surface area (TPSA) is 87.2 Å². The van der Waals surface area contributed by atoms with E-state index in [1.54, 1.807) is 22.7 Å². The molecule has 0 aliphatic heterocycles.